The van der Waals surface area contributed by atoms with Crippen LogP contribution in [-0.2, 0) is 19.4 Å². The maximum atomic E-state index is 13.8. The Morgan fingerprint density at radius 2 is 1.97 bits per heavy atom. The fraction of sp³-hybridized carbons (Fsp3) is 0.346. The van der Waals surface area contributed by atoms with Gasteiger partial charge in [-0.2, -0.15) is 0 Å². The van der Waals surface area contributed by atoms with Gasteiger partial charge < -0.3 is 5.32 Å². The van der Waals surface area contributed by atoms with E-state index in [2.05, 4.69) is 47.6 Å². The molecular formula is C26H28FN3. The zero-order valence-electron chi connectivity index (χ0n) is 17.4. The van der Waals surface area contributed by atoms with Crippen LogP contribution in [0.2, 0.25) is 0 Å². The Hall–Kier alpha value is -2.56. The minimum Gasteiger partial charge on any atom is -0.308 e. The Labute approximate surface area is 178 Å². The normalized spacial score (nSPS) is 20.6. The van der Waals surface area contributed by atoms with E-state index in [0.29, 0.717) is 12.1 Å². The number of pyridine rings is 1. The number of hydrogen-bond donors (Lipinski definition) is 1. The van der Waals surface area contributed by atoms with Gasteiger partial charge in [0.1, 0.15) is 5.82 Å². The summed E-state index contributed by atoms with van der Waals surface area (Å²) in [6, 6.07) is 18.4. The van der Waals surface area contributed by atoms with Crippen LogP contribution in [0.5, 0.6) is 0 Å². The second-order valence-corrected chi connectivity index (χ2v) is 8.63. The third kappa shape index (κ3) is 3.78. The fourth-order valence-electron chi connectivity index (χ4n) is 5.16. The molecule has 2 aliphatic rings. The van der Waals surface area contributed by atoms with Crippen molar-refractivity contribution in [1.29, 1.82) is 0 Å². The van der Waals surface area contributed by atoms with Gasteiger partial charge in [-0.25, -0.2) is 4.39 Å². The van der Waals surface area contributed by atoms with Crippen LogP contribution in [0, 0.1) is 5.82 Å². The summed E-state index contributed by atoms with van der Waals surface area (Å²) in [5.74, 6) is -0.182. The van der Waals surface area contributed by atoms with Gasteiger partial charge in [-0.05, 0) is 78.7 Å². The van der Waals surface area contributed by atoms with Crippen molar-refractivity contribution in [2.24, 2.45) is 0 Å². The first kappa shape index (κ1) is 19.4. The van der Waals surface area contributed by atoms with E-state index in [-0.39, 0.29) is 5.82 Å². The standard InChI is InChI=1S/C26H28FN3/c1-30(25-12-4-6-18-9-5-13-28-26(18)25)17-22-15-24-20(16-29-22)8-3-11-23(24)19-7-2-10-21(27)14-19/h2-3,5,7-11,13-14,22,25,29H,4,6,12,15-17H2,1H3/t22-,25+/m1/s1. The molecular weight excluding hydrogens is 373 g/mol. The summed E-state index contributed by atoms with van der Waals surface area (Å²) in [4.78, 5) is 7.19. The molecule has 5 rings (SSSR count). The predicted octanol–water partition coefficient (Wildman–Crippen LogP) is 4.91. The monoisotopic (exact) mass is 401 g/mol. The van der Waals surface area contributed by atoms with Crippen molar-refractivity contribution >= 4 is 0 Å². The molecule has 3 aromatic rings. The molecule has 0 radical (unpaired) electrons. The molecule has 2 aromatic carbocycles. The molecule has 1 aliphatic heterocycles. The van der Waals surface area contributed by atoms with Crippen molar-refractivity contribution in [3.05, 3.63) is 89.0 Å². The van der Waals surface area contributed by atoms with E-state index in [1.165, 1.54) is 41.3 Å². The molecule has 1 aliphatic carbocycles. The zero-order valence-corrected chi connectivity index (χ0v) is 17.4. The number of benzene rings is 2. The Kier molecular flexibility index (Phi) is 5.36. The van der Waals surface area contributed by atoms with Crippen molar-refractivity contribution in [1.82, 2.24) is 15.2 Å². The van der Waals surface area contributed by atoms with Crippen LogP contribution < -0.4 is 5.32 Å². The number of nitrogens with one attached hydrogen (secondary N) is 1. The van der Waals surface area contributed by atoms with Crippen LogP contribution >= 0.6 is 0 Å². The highest BCUT2D eigenvalue weighted by Gasteiger charge is 2.28. The molecule has 0 amide bonds. The molecule has 2 atom stereocenters. The van der Waals surface area contributed by atoms with Crippen LogP contribution in [0.3, 0.4) is 0 Å². The molecule has 0 bridgehead atoms. The lowest BCUT2D eigenvalue weighted by Gasteiger charge is -2.36. The SMILES string of the molecule is CN(C[C@H]1Cc2c(cccc2-c2cccc(F)c2)CN1)[C@H]1CCCc2cccnc21. The molecule has 1 aromatic heterocycles. The summed E-state index contributed by atoms with van der Waals surface area (Å²) in [6.07, 6.45) is 6.40. The Balaban J connectivity index is 1.36. The van der Waals surface area contributed by atoms with Gasteiger partial charge in [0.2, 0.25) is 0 Å². The molecule has 0 saturated heterocycles. The van der Waals surface area contributed by atoms with Crippen LogP contribution in [-0.4, -0.2) is 29.5 Å². The maximum absolute atomic E-state index is 13.8. The molecule has 4 heteroatoms. The summed E-state index contributed by atoms with van der Waals surface area (Å²) < 4.78 is 13.8. The van der Waals surface area contributed by atoms with Crippen molar-refractivity contribution in [2.75, 3.05) is 13.6 Å². The highest BCUT2D eigenvalue weighted by Crippen LogP contribution is 2.34. The van der Waals surface area contributed by atoms with Gasteiger partial charge in [0.15, 0.2) is 0 Å². The summed E-state index contributed by atoms with van der Waals surface area (Å²) in [7, 11) is 2.23. The van der Waals surface area contributed by atoms with Crippen LogP contribution in [0.4, 0.5) is 4.39 Å². The lowest BCUT2D eigenvalue weighted by atomic mass is 9.87. The van der Waals surface area contributed by atoms with E-state index in [9.17, 15) is 4.39 Å². The summed E-state index contributed by atoms with van der Waals surface area (Å²) in [5.41, 5.74) is 7.44. The number of rotatable bonds is 4. The first-order chi connectivity index (χ1) is 14.7. The largest absolute Gasteiger partial charge is 0.308 e. The highest BCUT2D eigenvalue weighted by molar-refractivity contribution is 5.69. The fourth-order valence-corrected chi connectivity index (χ4v) is 5.16. The summed E-state index contributed by atoms with van der Waals surface area (Å²) >= 11 is 0. The zero-order chi connectivity index (χ0) is 20.5. The third-order valence-electron chi connectivity index (χ3n) is 6.65. The number of hydrogen-bond acceptors (Lipinski definition) is 3. The van der Waals surface area contributed by atoms with E-state index < -0.39 is 0 Å². The van der Waals surface area contributed by atoms with Gasteiger partial charge in [0, 0.05) is 25.3 Å². The van der Waals surface area contributed by atoms with E-state index >= 15 is 0 Å². The molecule has 1 N–H and O–H groups in total. The summed E-state index contributed by atoms with van der Waals surface area (Å²) in [5, 5.41) is 3.72. The quantitative estimate of drug-likeness (QED) is 0.673. The molecule has 0 unspecified atom stereocenters. The van der Waals surface area contributed by atoms with Gasteiger partial charge in [0.25, 0.3) is 0 Å². The summed E-state index contributed by atoms with van der Waals surface area (Å²) in [6.45, 7) is 1.83. The van der Waals surface area contributed by atoms with Crippen LogP contribution in [0.1, 0.15) is 41.3 Å². The highest BCUT2D eigenvalue weighted by atomic mass is 19.1. The van der Waals surface area contributed by atoms with E-state index in [1.807, 2.05) is 12.3 Å². The number of likely N-dealkylation sites (N-methyl/N-ethyl adjacent to an activating group) is 1. The molecule has 3 nitrogen and oxygen atoms in total. The minimum atomic E-state index is -0.182. The molecule has 0 saturated carbocycles. The number of nitrogens with zero attached hydrogens (tertiary/aromatic N) is 2. The number of halogens is 1. The van der Waals surface area contributed by atoms with Crippen molar-refractivity contribution in [3.8, 4) is 11.1 Å². The first-order valence-electron chi connectivity index (χ1n) is 10.9. The Morgan fingerprint density at radius 1 is 1.10 bits per heavy atom. The minimum absolute atomic E-state index is 0.182. The van der Waals surface area contributed by atoms with E-state index in [0.717, 1.165) is 37.1 Å². The van der Waals surface area contributed by atoms with Crippen molar-refractivity contribution < 1.29 is 4.39 Å². The van der Waals surface area contributed by atoms with Gasteiger partial charge in [-0.3, -0.25) is 9.88 Å². The Bertz CT molecular complexity index is 1050. The van der Waals surface area contributed by atoms with Crippen LogP contribution in [0.15, 0.2) is 60.8 Å². The smallest absolute Gasteiger partial charge is 0.123 e. The van der Waals surface area contributed by atoms with Gasteiger partial charge in [-0.15, -0.1) is 0 Å². The van der Waals surface area contributed by atoms with Gasteiger partial charge in [0.05, 0.1) is 11.7 Å². The molecule has 2 heterocycles. The van der Waals surface area contributed by atoms with E-state index in [1.54, 1.807) is 12.1 Å². The average Bonchev–Trinajstić information content (AvgIpc) is 2.78. The van der Waals surface area contributed by atoms with Crippen molar-refractivity contribution in [3.63, 3.8) is 0 Å². The second kappa shape index (κ2) is 8.29. The molecule has 30 heavy (non-hydrogen) atoms. The molecule has 0 fully saturated rings. The predicted molar refractivity (Wildman–Crippen MR) is 119 cm³/mol. The van der Waals surface area contributed by atoms with Gasteiger partial charge in [-0.1, -0.05) is 36.4 Å². The van der Waals surface area contributed by atoms with E-state index in [4.69, 9.17) is 4.98 Å². The average molecular weight is 402 g/mol. The molecule has 154 valence electrons. The number of aromatic nitrogens is 1. The number of fused-ring (bicyclic) bond motifs is 2. The Morgan fingerprint density at radius 3 is 2.87 bits per heavy atom. The van der Waals surface area contributed by atoms with Crippen molar-refractivity contribution in [2.45, 2.75) is 44.3 Å². The first-order valence-corrected chi connectivity index (χ1v) is 10.9. The third-order valence-corrected chi connectivity index (χ3v) is 6.65. The lowest BCUT2D eigenvalue weighted by Crippen LogP contribution is -2.45. The maximum Gasteiger partial charge on any atom is 0.123 e. The second-order valence-electron chi connectivity index (χ2n) is 8.63. The number of aryl methyl sites for hydroxylation is 1. The van der Waals surface area contributed by atoms with Crippen LogP contribution in [0.25, 0.3) is 11.1 Å². The lowest BCUT2D eigenvalue weighted by molar-refractivity contribution is 0.191. The topological polar surface area (TPSA) is 28.2 Å². The molecule has 0 spiro atoms. The van der Waals surface area contributed by atoms with Gasteiger partial charge >= 0.3 is 0 Å².